The maximum atomic E-state index is 5.53. The first-order valence-electron chi connectivity index (χ1n) is 4.85. The number of benzene rings is 1. The molecule has 2 heteroatoms. The Balaban J connectivity index is 1.70. The van der Waals surface area contributed by atoms with E-state index in [1.807, 2.05) is 30.4 Å². The molecule has 1 aromatic rings. The summed E-state index contributed by atoms with van der Waals surface area (Å²) < 4.78 is 10.9. The van der Waals surface area contributed by atoms with Crippen LogP contribution in [0.4, 0.5) is 0 Å². The van der Waals surface area contributed by atoms with E-state index in [-0.39, 0.29) is 6.10 Å². The summed E-state index contributed by atoms with van der Waals surface area (Å²) in [6.45, 7) is 2.03. The Kier molecular flexibility index (Phi) is 3.33. The van der Waals surface area contributed by atoms with Gasteiger partial charge in [-0.2, -0.15) is 0 Å². The molecule has 1 aromatic carbocycles. The molecule has 0 N–H and O–H groups in total. The Morgan fingerprint density at radius 2 is 2.14 bits per heavy atom. The lowest BCUT2D eigenvalue weighted by molar-refractivity contribution is 0.0226. The predicted molar refractivity (Wildman–Crippen MR) is 55.0 cm³/mol. The molecule has 1 atom stereocenters. The second-order valence-electron chi connectivity index (χ2n) is 3.30. The van der Waals surface area contributed by atoms with Crippen molar-refractivity contribution in [1.29, 1.82) is 0 Å². The molecule has 1 heterocycles. The Bertz CT molecular complexity index is 292. The summed E-state index contributed by atoms with van der Waals surface area (Å²) in [5, 5.41) is 0. The number of rotatable bonds is 4. The fraction of sp³-hybridized carbons (Fsp3) is 0.333. The Hall–Kier alpha value is -1.12. The lowest BCUT2D eigenvalue weighted by atomic mass is 10.2. The zero-order valence-corrected chi connectivity index (χ0v) is 8.06. The van der Waals surface area contributed by atoms with E-state index < -0.39 is 0 Å². The highest BCUT2D eigenvalue weighted by molar-refractivity contribution is 5.13. The second kappa shape index (κ2) is 4.94. The maximum Gasteiger partial charge on any atom is 0.0994 e. The van der Waals surface area contributed by atoms with E-state index in [9.17, 15) is 0 Å². The van der Waals surface area contributed by atoms with E-state index in [0.717, 1.165) is 6.61 Å². The van der Waals surface area contributed by atoms with Gasteiger partial charge >= 0.3 is 0 Å². The standard InChI is InChI=1S/C12H14O2/c1-2-5-11(6-3-1)9-13-10-12-7-4-8-14-12/h1-7,12H,8-10H2. The third-order valence-electron chi connectivity index (χ3n) is 2.15. The van der Waals surface area contributed by atoms with Crippen LogP contribution < -0.4 is 0 Å². The summed E-state index contributed by atoms with van der Waals surface area (Å²) in [5.74, 6) is 0. The minimum absolute atomic E-state index is 0.152. The molecule has 1 aliphatic heterocycles. The molecule has 0 amide bonds. The van der Waals surface area contributed by atoms with Gasteiger partial charge in [-0.3, -0.25) is 0 Å². The van der Waals surface area contributed by atoms with Crippen molar-refractivity contribution in [2.24, 2.45) is 0 Å². The molecule has 0 fully saturated rings. The van der Waals surface area contributed by atoms with Crippen molar-refractivity contribution in [1.82, 2.24) is 0 Å². The van der Waals surface area contributed by atoms with Crippen LogP contribution in [0.5, 0.6) is 0 Å². The Morgan fingerprint density at radius 1 is 1.29 bits per heavy atom. The number of ether oxygens (including phenoxy) is 2. The van der Waals surface area contributed by atoms with Crippen molar-refractivity contribution >= 4 is 0 Å². The van der Waals surface area contributed by atoms with Crippen LogP contribution in [0.15, 0.2) is 42.5 Å². The minimum atomic E-state index is 0.152. The average Bonchev–Trinajstić information content (AvgIpc) is 2.72. The van der Waals surface area contributed by atoms with Gasteiger partial charge in [0.05, 0.1) is 25.9 Å². The quantitative estimate of drug-likeness (QED) is 0.677. The summed E-state index contributed by atoms with van der Waals surface area (Å²) >= 11 is 0. The third kappa shape index (κ3) is 2.69. The molecule has 2 nitrogen and oxygen atoms in total. The number of hydrogen-bond donors (Lipinski definition) is 0. The summed E-state index contributed by atoms with van der Waals surface area (Å²) in [6.07, 6.45) is 4.22. The van der Waals surface area contributed by atoms with Crippen LogP contribution in [0.2, 0.25) is 0 Å². The van der Waals surface area contributed by atoms with E-state index >= 15 is 0 Å². The van der Waals surface area contributed by atoms with E-state index in [4.69, 9.17) is 9.47 Å². The van der Waals surface area contributed by atoms with E-state index in [1.165, 1.54) is 5.56 Å². The van der Waals surface area contributed by atoms with Crippen LogP contribution in [0, 0.1) is 0 Å². The highest BCUT2D eigenvalue weighted by atomic mass is 16.5. The van der Waals surface area contributed by atoms with Crippen molar-refractivity contribution in [3.8, 4) is 0 Å². The van der Waals surface area contributed by atoms with Gasteiger partial charge in [-0.25, -0.2) is 0 Å². The van der Waals surface area contributed by atoms with E-state index in [2.05, 4.69) is 12.1 Å². The monoisotopic (exact) mass is 190 g/mol. The van der Waals surface area contributed by atoms with Crippen LogP contribution in [-0.2, 0) is 16.1 Å². The highest BCUT2D eigenvalue weighted by Gasteiger charge is 2.08. The SMILES string of the molecule is C1=CC(COCc2ccccc2)OC1. The molecule has 1 unspecified atom stereocenters. The highest BCUT2D eigenvalue weighted by Crippen LogP contribution is 2.06. The van der Waals surface area contributed by atoms with Crippen molar-refractivity contribution in [3.05, 3.63) is 48.0 Å². The van der Waals surface area contributed by atoms with Crippen LogP contribution in [-0.4, -0.2) is 19.3 Å². The average molecular weight is 190 g/mol. The number of hydrogen-bond acceptors (Lipinski definition) is 2. The van der Waals surface area contributed by atoms with Crippen LogP contribution in [0.3, 0.4) is 0 Å². The second-order valence-corrected chi connectivity index (χ2v) is 3.30. The zero-order valence-electron chi connectivity index (χ0n) is 8.06. The molecule has 74 valence electrons. The molecule has 0 bridgehead atoms. The van der Waals surface area contributed by atoms with Crippen LogP contribution >= 0.6 is 0 Å². The molecule has 1 aliphatic rings. The fourth-order valence-corrected chi connectivity index (χ4v) is 1.41. The summed E-state index contributed by atoms with van der Waals surface area (Å²) in [6, 6.07) is 10.2. The molecule has 0 saturated carbocycles. The van der Waals surface area contributed by atoms with Gasteiger partial charge < -0.3 is 9.47 Å². The lowest BCUT2D eigenvalue weighted by Crippen LogP contribution is -2.13. The van der Waals surface area contributed by atoms with Gasteiger partial charge in [0.25, 0.3) is 0 Å². The molecule has 0 spiro atoms. The summed E-state index contributed by atoms with van der Waals surface area (Å²) in [5.41, 5.74) is 1.20. The van der Waals surface area contributed by atoms with Gasteiger partial charge in [0.15, 0.2) is 0 Å². The molecule has 0 radical (unpaired) electrons. The normalized spacial score (nSPS) is 20.1. The summed E-state index contributed by atoms with van der Waals surface area (Å²) in [7, 11) is 0. The van der Waals surface area contributed by atoms with Crippen molar-refractivity contribution in [2.75, 3.05) is 13.2 Å². The third-order valence-corrected chi connectivity index (χ3v) is 2.15. The van der Waals surface area contributed by atoms with E-state index in [0.29, 0.717) is 13.2 Å². The smallest absolute Gasteiger partial charge is 0.0994 e. The lowest BCUT2D eigenvalue weighted by Gasteiger charge is -2.08. The minimum Gasteiger partial charge on any atom is -0.374 e. The summed E-state index contributed by atoms with van der Waals surface area (Å²) in [4.78, 5) is 0. The van der Waals surface area contributed by atoms with Crippen molar-refractivity contribution < 1.29 is 9.47 Å². The topological polar surface area (TPSA) is 18.5 Å². The molecule has 0 saturated heterocycles. The van der Waals surface area contributed by atoms with Crippen molar-refractivity contribution in [3.63, 3.8) is 0 Å². The first-order chi connectivity index (χ1) is 6.95. The largest absolute Gasteiger partial charge is 0.374 e. The van der Waals surface area contributed by atoms with Gasteiger partial charge in [-0.15, -0.1) is 0 Å². The molecular weight excluding hydrogens is 176 g/mol. The van der Waals surface area contributed by atoms with Gasteiger partial charge in [0.1, 0.15) is 0 Å². The molecule has 14 heavy (non-hydrogen) atoms. The van der Waals surface area contributed by atoms with E-state index in [1.54, 1.807) is 0 Å². The first kappa shape index (κ1) is 9.44. The van der Waals surface area contributed by atoms with Crippen LogP contribution in [0.25, 0.3) is 0 Å². The van der Waals surface area contributed by atoms with Gasteiger partial charge in [0.2, 0.25) is 0 Å². The van der Waals surface area contributed by atoms with Crippen LogP contribution in [0.1, 0.15) is 5.56 Å². The fourth-order valence-electron chi connectivity index (χ4n) is 1.41. The Morgan fingerprint density at radius 3 is 2.86 bits per heavy atom. The molecule has 0 aromatic heterocycles. The molecular formula is C12H14O2. The molecule has 0 aliphatic carbocycles. The van der Waals surface area contributed by atoms with Gasteiger partial charge in [-0.05, 0) is 5.56 Å². The predicted octanol–water partition coefficient (Wildman–Crippen LogP) is 2.16. The van der Waals surface area contributed by atoms with Crippen molar-refractivity contribution in [2.45, 2.75) is 12.7 Å². The van der Waals surface area contributed by atoms with Gasteiger partial charge in [0, 0.05) is 0 Å². The Labute approximate surface area is 84.2 Å². The first-order valence-corrected chi connectivity index (χ1v) is 4.85. The molecule has 2 rings (SSSR count). The van der Waals surface area contributed by atoms with Gasteiger partial charge in [-0.1, -0.05) is 42.5 Å². The maximum absolute atomic E-state index is 5.53. The zero-order chi connectivity index (χ0) is 9.64.